The Morgan fingerprint density at radius 1 is 1.00 bits per heavy atom. The highest BCUT2D eigenvalue weighted by molar-refractivity contribution is 7.98. The third-order valence-corrected chi connectivity index (χ3v) is 7.27. The largest absolute Gasteiger partial charge is 0.335 e. The van der Waals surface area contributed by atoms with Crippen molar-refractivity contribution in [1.82, 2.24) is 34.0 Å². The number of nitrogens with zero attached hydrogens (tertiary/aromatic N) is 7. The summed E-state index contributed by atoms with van der Waals surface area (Å²) in [7, 11) is 0. The van der Waals surface area contributed by atoms with Gasteiger partial charge in [-0.25, -0.2) is 9.97 Å². The molecule has 0 radical (unpaired) electrons. The van der Waals surface area contributed by atoms with Crippen molar-refractivity contribution >= 4 is 23.3 Å². The molecule has 0 unspecified atom stereocenters. The second-order valence-electron chi connectivity index (χ2n) is 8.84. The van der Waals surface area contributed by atoms with Crippen LogP contribution in [0.3, 0.4) is 0 Å². The van der Waals surface area contributed by atoms with E-state index in [0.29, 0.717) is 24.5 Å². The first-order chi connectivity index (χ1) is 17.7. The lowest BCUT2D eigenvalue weighted by Crippen LogP contribution is -2.25. The first-order valence-corrected chi connectivity index (χ1v) is 13.0. The highest BCUT2D eigenvalue weighted by atomic mass is 32.2. The summed E-state index contributed by atoms with van der Waals surface area (Å²) < 4.78 is 4.13. The van der Waals surface area contributed by atoms with Crippen LogP contribution < -0.4 is 0 Å². The van der Waals surface area contributed by atoms with Gasteiger partial charge < -0.3 is 9.30 Å². The molecule has 6 rings (SSSR count). The molecule has 1 aromatic carbocycles. The Bertz CT molecular complexity index is 1530. The van der Waals surface area contributed by atoms with Crippen LogP contribution in [0.4, 0.5) is 0 Å². The fourth-order valence-electron chi connectivity index (χ4n) is 4.55. The number of thioether (sulfide) groups is 1. The summed E-state index contributed by atoms with van der Waals surface area (Å²) in [5.41, 5.74) is 5.21. The van der Waals surface area contributed by atoms with E-state index in [1.54, 1.807) is 18.0 Å². The van der Waals surface area contributed by atoms with Crippen LogP contribution in [0.5, 0.6) is 0 Å². The van der Waals surface area contributed by atoms with Gasteiger partial charge in [-0.1, -0.05) is 54.2 Å². The van der Waals surface area contributed by atoms with Crippen molar-refractivity contribution in [3.8, 4) is 17.1 Å². The molecule has 1 saturated heterocycles. The summed E-state index contributed by atoms with van der Waals surface area (Å²) >= 11 is 1.59. The van der Waals surface area contributed by atoms with E-state index in [0.717, 1.165) is 46.5 Å². The SMILES string of the molecule is Cc1ccc2nc(-c3ccccc3)c(CSc3nnc(CN4CCCC4=O)n3-c3ccccn3)n2c1. The standard InChI is InChI=1S/C27H25N7OS/c1-19-12-13-23-29-26(20-8-3-2-4-9-20)21(33(23)16-19)18-36-27-31-30-24(17-32-15-7-11-25(32)35)34(27)22-10-5-6-14-28-22/h2-6,8-10,12-14,16H,7,11,15,17-18H2,1H3. The Morgan fingerprint density at radius 3 is 2.64 bits per heavy atom. The van der Waals surface area contributed by atoms with Crippen LogP contribution >= 0.6 is 11.8 Å². The quantitative estimate of drug-likeness (QED) is 0.305. The normalized spacial score (nSPS) is 13.7. The molecular formula is C27H25N7OS. The zero-order chi connectivity index (χ0) is 24.5. The van der Waals surface area contributed by atoms with Crippen molar-refractivity contribution in [1.29, 1.82) is 0 Å². The zero-order valence-electron chi connectivity index (χ0n) is 19.9. The van der Waals surface area contributed by atoms with Crippen LogP contribution in [0.25, 0.3) is 22.7 Å². The van der Waals surface area contributed by atoms with E-state index in [1.165, 1.54) is 5.56 Å². The Morgan fingerprint density at radius 2 is 1.86 bits per heavy atom. The summed E-state index contributed by atoms with van der Waals surface area (Å²) in [6.45, 7) is 3.26. The highest BCUT2D eigenvalue weighted by Gasteiger charge is 2.25. The van der Waals surface area contributed by atoms with Gasteiger partial charge >= 0.3 is 0 Å². The maximum Gasteiger partial charge on any atom is 0.223 e. The van der Waals surface area contributed by atoms with Crippen molar-refractivity contribution < 1.29 is 4.79 Å². The van der Waals surface area contributed by atoms with Gasteiger partial charge in [-0.05, 0) is 37.1 Å². The Kier molecular flexibility index (Phi) is 5.98. The summed E-state index contributed by atoms with van der Waals surface area (Å²) in [5, 5.41) is 9.74. The monoisotopic (exact) mass is 495 g/mol. The van der Waals surface area contributed by atoms with Gasteiger partial charge in [-0.2, -0.15) is 0 Å². The van der Waals surface area contributed by atoms with Crippen LogP contribution in [0.2, 0.25) is 0 Å². The molecule has 8 nitrogen and oxygen atoms in total. The number of benzene rings is 1. The molecule has 5 aromatic rings. The van der Waals surface area contributed by atoms with Crippen molar-refractivity contribution in [2.45, 2.75) is 37.2 Å². The Hall–Kier alpha value is -3.98. The van der Waals surface area contributed by atoms with Crippen molar-refractivity contribution in [2.24, 2.45) is 0 Å². The van der Waals surface area contributed by atoms with Gasteiger partial charge in [0.25, 0.3) is 0 Å². The van der Waals surface area contributed by atoms with E-state index in [9.17, 15) is 4.79 Å². The number of imidazole rings is 1. The number of hydrogen-bond donors (Lipinski definition) is 0. The average molecular weight is 496 g/mol. The number of likely N-dealkylation sites (tertiary alicyclic amines) is 1. The number of fused-ring (bicyclic) bond motifs is 1. The van der Waals surface area contributed by atoms with Gasteiger partial charge in [0.05, 0.1) is 17.9 Å². The fraction of sp³-hybridized carbons (Fsp3) is 0.222. The topological polar surface area (TPSA) is 81.2 Å². The minimum atomic E-state index is 0.161. The van der Waals surface area contributed by atoms with E-state index in [4.69, 9.17) is 4.98 Å². The van der Waals surface area contributed by atoms with Crippen LogP contribution in [0.1, 0.15) is 29.9 Å². The van der Waals surface area contributed by atoms with Crippen molar-refractivity contribution in [3.63, 3.8) is 0 Å². The van der Waals surface area contributed by atoms with Crippen LogP contribution in [-0.2, 0) is 17.1 Å². The molecule has 1 aliphatic heterocycles. The number of aromatic nitrogens is 6. The number of pyridine rings is 2. The lowest BCUT2D eigenvalue weighted by atomic mass is 10.1. The summed E-state index contributed by atoms with van der Waals surface area (Å²) in [5.74, 6) is 2.25. The molecule has 4 aromatic heterocycles. The molecule has 1 aliphatic rings. The average Bonchev–Trinajstić information content (AvgIpc) is 3.61. The molecule has 0 atom stereocenters. The smallest absolute Gasteiger partial charge is 0.223 e. The maximum atomic E-state index is 12.3. The van der Waals surface area contributed by atoms with Crippen LogP contribution in [-0.4, -0.2) is 46.5 Å². The van der Waals surface area contributed by atoms with Crippen LogP contribution in [0, 0.1) is 6.92 Å². The third-order valence-electron chi connectivity index (χ3n) is 6.33. The summed E-state index contributed by atoms with van der Waals surface area (Å²) in [4.78, 5) is 23.6. The third kappa shape index (κ3) is 4.26. The van der Waals surface area contributed by atoms with Gasteiger partial charge in [-0.3, -0.25) is 9.36 Å². The van der Waals surface area contributed by atoms with E-state index in [-0.39, 0.29) is 5.91 Å². The van der Waals surface area contributed by atoms with E-state index >= 15 is 0 Å². The number of hydrogen-bond acceptors (Lipinski definition) is 6. The number of amides is 1. The lowest BCUT2D eigenvalue weighted by molar-refractivity contribution is -0.128. The molecular weight excluding hydrogens is 470 g/mol. The molecule has 0 aliphatic carbocycles. The molecule has 36 heavy (non-hydrogen) atoms. The van der Waals surface area contributed by atoms with Crippen LogP contribution in [0.15, 0.2) is 78.2 Å². The van der Waals surface area contributed by atoms with Gasteiger partial charge in [-0.15, -0.1) is 10.2 Å². The molecule has 5 heterocycles. The maximum absolute atomic E-state index is 12.3. The van der Waals surface area contributed by atoms with Crippen molar-refractivity contribution in [3.05, 3.63) is 90.1 Å². The Balaban J connectivity index is 1.38. The molecule has 1 amide bonds. The molecule has 0 spiro atoms. The first kappa shape index (κ1) is 22.5. The molecule has 180 valence electrons. The van der Waals surface area contributed by atoms with E-state index < -0.39 is 0 Å². The molecule has 0 N–H and O–H groups in total. The van der Waals surface area contributed by atoms with E-state index in [2.05, 4.69) is 57.0 Å². The minimum absolute atomic E-state index is 0.161. The van der Waals surface area contributed by atoms with E-state index in [1.807, 2.05) is 45.9 Å². The number of rotatable bonds is 7. The fourth-order valence-corrected chi connectivity index (χ4v) is 5.52. The molecule has 0 bridgehead atoms. The predicted octanol–water partition coefficient (Wildman–Crippen LogP) is 4.70. The number of carbonyl (C=O) groups is 1. The van der Waals surface area contributed by atoms with Gasteiger partial charge in [0.1, 0.15) is 11.5 Å². The second-order valence-corrected chi connectivity index (χ2v) is 9.78. The van der Waals surface area contributed by atoms with Gasteiger partial charge in [0.15, 0.2) is 11.0 Å². The first-order valence-electron chi connectivity index (χ1n) is 12.0. The molecule has 0 saturated carbocycles. The second kappa shape index (κ2) is 9.58. The van der Waals surface area contributed by atoms with Gasteiger partial charge in [0.2, 0.25) is 5.91 Å². The Labute approximate surface area is 213 Å². The minimum Gasteiger partial charge on any atom is -0.335 e. The summed E-state index contributed by atoms with van der Waals surface area (Å²) in [6.07, 6.45) is 5.36. The molecule has 9 heteroatoms. The van der Waals surface area contributed by atoms with Gasteiger partial charge in [0, 0.05) is 36.7 Å². The zero-order valence-corrected chi connectivity index (χ0v) is 20.7. The van der Waals surface area contributed by atoms with Crippen molar-refractivity contribution in [2.75, 3.05) is 6.54 Å². The number of aryl methyl sites for hydroxylation is 1. The lowest BCUT2D eigenvalue weighted by Gasteiger charge is -2.16. The molecule has 1 fully saturated rings. The number of carbonyl (C=O) groups excluding carboxylic acids is 1. The summed E-state index contributed by atoms with van der Waals surface area (Å²) in [6, 6.07) is 20.2. The highest BCUT2D eigenvalue weighted by Crippen LogP contribution is 2.31. The predicted molar refractivity (Wildman–Crippen MR) is 139 cm³/mol.